The minimum Gasteiger partial charge on any atom is -0.308 e. The van der Waals surface area contributed by atoms with Crippen molar-refractivity contribution in [1.82, 2.24) is 10.2 Å². The van der Waals surface area contributed by atoms with Crippen LogP contribution in [0.15, 0.2) is 0 Å². The van der Waals surface area contributed by atoms with Gasteiger partial charge < -0.3 is 5.32 Å². The number of nitrogens with zero attached hydrogens (tertiary/aromatic N) is 1. The summed E-state index contributed by atoms with van der Waals surface area (Å²) >= 11 is 0. The zero-order chi connectivity index (χ0) is 9.47. The molecule has 0 radical (unpaired) electrons. The highest BCUT2D eigenvalue weighted by Crippen LogP contribution is 2.41. The first-order valence-corrected chi connectivity index (χ1v) is 5.65. The molecule has 0 aromatic rings. The smallest absolute Gasteiger partial charge is 0.0309 e. The molecule has 0 aromatic heterocycles. The normalized spacial score (nSPS) is 42.2. The van der Waals surface area contributed by atoms with Gasteiger partial charge in [0, 0.05) is 24.7 Å². The maximum absolute atomic E-state index is 3.73. The summed E-state index contributed by atoms with van der Waals surface area (Å²) in [5.74, 6) is 0.953. The lowest BCUT2D eigenvalue weighted by atomic mass is 9.91. The monoisotopic (exact) mass is 182 g/mol. The zero-order valence-corrected chi connectivity index (χ0v) is 9.14. The molecule has 2 heteroatoms. The summed E-state index contributed by atoms with van der Waals surface area (Å²) in [7, 11) is 0. The van der Waals surface area contributed by atoms with Crippen molar-refractivity contribution < 1.29 is 0 Å². The van der Waals surface area contributed by atoms with Crippen LogP contribution in [0.4, 0.5) is 0 Å². The van der Waals surface area contributed by atoms with Gasteiger partial charge in [-0.3, -0.25) is 4.90 Å². The number of piperazine rings is 1. The van der Waals surface area contributed by atoms with Crippen LogP contribution < -0.4 is 5.32 Å². The van der Waals surface area contributed by atoms with Gasteiger partial charge in [-0.15, -0.1) is 0 Å². The number of likely N-dealkylation sites (N-methyl/N-ethyl adjacent to an activating group) is 1. The van der Waals surface area contributed by atoms with E-state index >= 15 is 0 Å². The van der Waals surface area contributed by atoms with Gasteiger partial charge in [-0.2, -0.15) is 0 Å². The molecule has 0 aromatic carbocycles. The third-order valence-corrected chi connectivity index (χ3v) is 3.84. The van der Waals surface area contributed by atoms with Crippen LogP contribution in [-0.2, 0) is 0 Å². The molecule has 2 unspecified atom stereocenters. The Morgan fingerprint density at radius 1 is 1.46 bits per heavy atom. The van der Waals surface area contributed by atoms with Crippen molar-refractivity contribution in [2.45, 2.75) is 45.2 Å². The molecule has 1 saturated heterocycles. The molecule has 2 nitrogen and oxygen atoms in total. The molecule has 0 amide bonds. The largest absolute Gasteiger partial charge is 0.308 e. The van der Waals surface area contributed by atoms with Crippen molar-refractivity contribution in [2.24, 2.45) is 5.92 Å². The Balaban J connectivity index is 2.00. The molecule has 76 valence electrons. The van der Waals surface area contributed by atoms with Crippen LogP contribution >= 0.6 is 0 Å². The van der Waals surface area contributed by atoms with Gasteiger partial charge in [-0.25, -0.2) is 0 Å². The van der Waals surface area contributed by atoms with Crippen molar-refractivity contribution >= 4 is 0 Å². The van der Waals surface area contributed by atoms with Crippen molar-refractivity contribution in [3.05, 3.63) is 0 Å². The standard InChI is InChI=1S/C11H22N2/c1-4-13-8-11(3,10-5-6-10)12-7-9(13)2/h9-10,12H,4-8H2,1-3H3. The Bertz CT molecular complexity index is 189. The Labute approximate surface area is 81.7 Å². The molecule has 0 bridgehead atoms. The fourth-order valence-corrected chi connectivity index (χ4v) is 2.56. The van der Waals surface area contributed by atoms with E-state index in [9.17, 15) is 0 Å². The maximum atomic E-state index is 3.73. The van der Waals surface area contributed by atoms with E-state index in [0.29, 0.717) is 5.54 Å². The average molecular weight is 182 g/mol. The molecular formula is C11H22N2. The van der Waals surface area contributed by atoms with Gasteiger partial charge >= 0.3 is 0 Å². The van der Waals surface area contributed by atoms with Crippen molar-refractivity contribution in [2.75, 3.05) is 19.6 Å². The average Bonchev–Trinajstić information content (AvgIpc) is 2.92. The first-order valence-electron chi connectivity index (χ1n) is 5.65. The summed E-state index contributed by atoms with van der Waals surface area (Å²) in [6.45, 7) is 10.6. The summed E-state index contributed by atoms with van der Waals surface area (Å²) in [6, 6.07) is 0.719. The summed E-state index contributed by atoms with van der Waals surface area (Å²) < 4.78 is 0. The van der Waals surface area contributed by atoms with E-state index in [2.05, 4.69) is 31.0 Å². The Morgan fingerprint density at radius 3 is 2.69 bits per heavy atom. The van der Waals surface area contributed by atoms with E-state index in [1.54, 1.807) is 0 Å². The lowest BCUT2D eigenvalue weighted by molar-refractivity contribution is 0.0885. The lowest BCUT2D eigenvalue weighted by Crippen LogP contribution is -2.63. The van der Waals surface area contributed by atoms with Gasteiger partial charge in [-0.1, -0.05) is 6.92 Å². The second kappa shape index (κ2) is 3.25. The highest BCUT2D eigenvalue weighted by Gasteiger charge is 2.44. The predicted octanol–water partition coefficient (Wildman–Crippen LogP) is 1.47. The molecule has 13 heavy (non-hydrogen) atoms. The van der Waals surface area contributed by atoms with Gasteiger partial charge in [0.15, 0.2) is 0 Å². The van der Waals surface area contributed by atoms with Crippen molar-refractivity contribution in [1.29, 1.82) is 0 Å². The molecule has 2 aliphatic rings. The van der Waals surface area contributed by atoms with Crippen molar-refractivity contribution in [3.8, 4) is 0 Å². The molecule has 1 aliphatic carbocycles. The Kier molecular flexibility index (Phi) is 2.37. The van der Waals surface area contributed by atoms with Gasteiger partial charge in [0.05, 0.1) is 0 Å². The van der Waals surface area contributed by atoms with Crippen LogP contribution in [0, 0.1) is 5.92 Å². The zero-order valence-electron chi connectivity index (χ0n) is 9.14. The van der Waals surface area contributed by atoms with Gasteiger partial charge in [0.1, 0.15) is 0 Å². The topological polar surface area (TPSA) is 15.3 Å². The van der Waals surface area contributed by atoms with Crippen molar-refractivity contribution in [3.63, 3.8) is 0 Å². The molecule has 2 atom stereocenters. The Morgan fingerprint density at radius 2 is 2.15 bits per heavy atom. The number of hydrogen-bond acceptors (Lipinski definition) is 2. The first-order chi connectivity index (χ1) is 6.15. The maximum Gasteiger partial charge on any atom is 0.0309 e. The summed E-state index contributed by atoms with van der Waals surface area (Å²) in [6.07, 6.45) is 2.88. The highest BCUT2D eigenvalue weighted by atomic mass is 15.2. The molecule has 1 heterocycles. The molecule has 0 spiro atoms. The van der Waals surface area contributed by atoms with Crippen LogP contribution in [0.2, 0.25) is 0 Å². The summed E-state index contributed by atoms with van der Waals surface area (Å²) in [4.78, 5) is 2.61. The molecule has 1 aliphatic heterocycles. The summed E-state index contributed by atoms with van der Waals surface area (Å²) in [5.41, 5.74) is 0.419. The quantitative estimate of drug-likeness (QED) is 0.695. The molecule has 2 rings (SSSR count). The molecule has 1 N–H and O–H groups in total. The minimum absolute atomic E-state index is 0.419. The van der Waals surface area contributed by atoms with E-state index < -0.39 is 0 Å². The van der Waals surface area contributed by atoms with Crippen LogP contribution in [0.5, 0.6) is 0 Å². The van der Waals surface area contributed by atoms with Crippen LogP contribution in [0.1, 0.15) is 33.6 Å². The van der Waals surface area contributed by atoms with Gasteiger partial charge in [-0.05, 0) is 39.2 Å². The number of nitrogens with one attached hydrogen (secondary N) is 1. The van der Waals surface area contributed by atoms with Gasteiger partial charge in [0.25, 0.3) is 0 Å². The van der Waals surface area contributed by atoms with E-state index in [4.69, 9.17) is 0 Å². The highest BCUT2D eigenvalue weighted by molar-refractivity contribution is 5.03. The third kappa shape index (κ3) is 1.75. The van der Waals surface area contributed by atoms with Crippen LogP contribution in [-0.4, -0.2) is 36.1 Å². The van der Waals surface area contributed by atoms with E-state index in [0.717, 1.165) is 12.0 Å². The van der Waals surface area contributed by atoms with E-state index in [-0.39, 0.29) is 0 Å². The predicted molar refractivity (Wildman–Crippen MR) is 55.8 cm³/mol. The van der Waals surface area contributed by atoms with Crippen LogP contribution in [0.25, 0.3) is 0 Å². The first kappa shape index (κ1) is 9.47. The minimum atomic E-state index is 0.419. The summed E-state index contributed by atoms with van der Waals surface area (Å²) in [5, 5.41) is 3.73. The second-order valence-corrected chi connectivity index (χ2v) is 4.98. The third-order valence-electron chi connectivity index (χ3n) is 3.84. The lowest BCUT2D eigenvalue weighted by Gasteiger charge is -2.45. The van der Waals surface area contributed by atoms with E-state index in [1.165, 1.54) is 32.5 Å². The fraction of sp³-hybridized carbons (Fsp3) is 1.00. The Hall–Kier alpha value is -0.0800. The van der Waals surface area contributed by atoms with Crippen LogP contribution in [0.3, 0.4) is 0 Å². The number of hydrogen-bond donors (Lipinski definition) is 1. The molecule has 1 saturated carbocycles. The molecular weight excluding hydrogens is 160 g/mol. The van der Waals surface area contributed by atoms with E-state index in [1.807, 2.05) is 0 Å². The fourth-order valence-electron chi connectivity index (χ4n) is 2.56. The van der Waals surface area contributed by atoms with Gasteiger partial charge in [0.2, 0.25) is 0 Å². The molecule has 2 fully saturated rings. The number of rotatable bonds is 2. The SMILES string of the molecule is CCN1CC(C)(C2CC2)NCC1C. The second-order valence-electron chi connectivity index (χ2n) is 4.98.